The normalized spacial score (nSPS) is 11.9. The Kier molecular flexibility index (Phi) is 4.81. The minimum atomic E-state index is -0.170. The molecule has 5 heteroatoms. The van der Waals surface area contributed by atoms with Crippen LogP contribution in [-0.4, -0.2) is 6.54 Å². The maximum atomic E-state index is 8.97. The number of hydrogen-bond donors (Lipinski definition) is 1. The third-order valence-corrected chi connectivity index (χ3v) is 4.69. The summed E-state index contributed by atoms with van der Waals surface area (Å²) in [5.74, 6) is 0.809. The second-order valence-corrected chi connectivity index (χ2v) is 7.03. The van der Waals surface area contributed by atoms with Crippen LogP contribution in [0.25, 0.3) is 0 Å². The van der Waals surface area contributed by atoms with Crippen LogP contribution in [0.3, 0.4) is 0 Å². The van der Waals surface area contributed by atoms with Gasteiger partial charge in [0.1, 0.15) is 11.9 Å². The lowest BCUT2D eigenvalue weighted by atomic mass is 10.1. The van der Waals surface area contributed by atoms with Crippen LogP contribution in [0.5, 0.6) is 5.75 Å². The van der Waals surface area contributed by atoms with Gasteiger partial charge in [0.2, 0.25) is 0 Å². The third kappa shape index (κ3) is 3.21. The van der Waals surface area contributed by atoms with Crippen molar-refractivity contribution in [3.05, 3.63) is 49.6 Å². The number of nitriles is 1. The fourth-order valence-electron chi connectivity index (χ4n) is 2.07. The van der Waals surface area contributed by atoms with Gasteiger partial charge in [0.15, 0.2) is 0 Å². The van der Waals surface area contributed by atoms with Crippen molar-refractivity contribution in [2.24, 2.45) is 5.73 Å². The number of nitrogens with zero attached hydrogens (tertiary/aromatic N) is 1. The van der Waals surface area contributed by atoms with E-state index in [4.69, 9.17) is 15.7 Å². The molecular formula is C15H15BrN2OS. The molecule has 1 heterocycles. The molecule has 0 aliphatic carbocycles. The van der Waals surface area contributed by atoms with E-state index < -0.39 is 0 Å². The number of nitrogens with two attached hydrogens (primary N) is 1. The van der Waals surface area contributed by atoms with Gasteiger partial charge in [-0.25, -0.2) is 0 Å². The highest BCUT2D eigenvalue weighted by molar-refractivity contribution is 9.11. The average Bonchev–Trinajstić information content (AvgIpc) is 2.84. The van der Waals surface area contributed by atoms with E-state index in [1.165, 1.54) is 0 Å². The quantitative estimate of drug-likeness (QED) is 0.903. The minimum Gasteiger partial charge on any atom is -0.483 e. The van der Waals surface area contributed by atoms with Gasteiger partial charge in [0.05, 0.1) is 15.4 Å². The van der Waals surface area contributed by atoms with Crippen molar-refractivity contribution in [1.29, 1.82) is 5.26 Å². The van der Waals surface area contributed by atoms with Gasteiger partial charge >= 0.3 is 0 Å². The first kappa shape index (κ1) is 15.0. The number of rotatable bonds is 4. The smallest absolute Gasteiger partial charge is 0.145 e. The van der Waals surface area contributed by atoms with Gasteiger partial charge in [-0.05, 0) is 65.2 Å². The van der Waals surface area contributed by atoms with Crippen LogP contribution >= 0.6 is 27.3 Å². The highest BCUT2D eigenvalue weighted by Crippen LogP contribution is 2.33. The molecule has 1 aromatic carbocycles. The Balaban J connectivity index is 2.31. The first-order valence-electron chi connectivity index (χ1n) is 6.18. The Morgan fingerprint density at radius 1 is 1.35 bits per heavy atom. The Morgan fingerprint density at radius 3 is 2.45 bits per heavy atom. The molecule has 0 fully saturated rings. The van der Waals surface area contributed by atoms with E-state index >= 15 is 0 Å². The highest BCUT2D eigenvalue weighted by atomic mass is 79.9. The Labute approximate surface area is 131 Å². The van der Waals surface area contributed by atoms with Gasteiger partial charge in [0.25, 0.3) is 0 Å². The highest BCUT2D eigenvalue weighted by Gasteiger charge is 2.16. The van der Waals surface area contributed by atoms with Crippen LogP contribution in [0.15, 0.2) is 28.1 Å². The molecule has 1 unspecified atom stereocenters. The van der Waals surface area contributed by atoms with E-state index in [1.807, 2.05) is 38.1 Å². The van der Waals surface area contributed by atoms with Gasteiger partial charge in [-0.1, -0.05) is 0 Å². The van der Waals surface area contributed by atoms with Gasteiger partial charge in [0, 0.05) is 11.4 Å². The summed E-state index contributed by atoms with van der Waals surface area (Å²) < 4.78 is 7.14. The first-order chi connectivity index (χ1) is 9.55. The second-order valence-electron chi connectivity index (χ2n) is 4.54. The molecule has 0 spiro atoms. The molecule has 2 aromatic rings. The Bertz CT molecular complexity index is 637. The summed E-state index contributed by atoms with van der Waals surface area (Å²) in [6.07, 6.45) is -0.170. The van der Waals surface area contributed by atoms with Crippen LogP contribution < -0.4 is 10.5 Å². The predicted octanol–water partition coefficient (Wildman–Crippen LogP) is 4.08. The maximum absolute atomic E-state index is 8.97. The van der Waals surface area contributed by atoms with Crippen molar-refractivity contribution in [2.75, 3.05) is 6.54 Å². The molecule has 1 atom stereocenters. The number of ether oxygens (including phenoxy) is 1. The lowest BCUT2D eigenvalue weighted by molar-refractivity contribution is 0.215. The van der Waals surface area contributed by atoms with Gasteiger partial charge in [-0.2, -0.15) is 5.26 Å². The number of thiophene rings is 1. The number of benzene rings is 1. The molecule has 0 saturated carbocycles. The number of aryl methyl sites for hydroxylation is 2. The molecule has 0 saturated heterocycles. The average molecular weight is 351 g/mol. The zero-order valence-corrected chi connectivity index (χ0v) is 13.7. The van der Waals surface area contributed by atoms with Crippen LogP contribution in [0, 0.1) is 25.2 Å². The van der Waals surface area contributed by atoms with E-state index in [9.17, 15) is 0 Å². The van der Waals surface area contributed by atoms with E-state index in [-0.39, 0.29) is 6.10 Å². The fraction of sp³-hybridized carbons (Fsp3) is 0.267. The lowest BCUT2D eigenvalue weighted by Crippen LogP contribution is -2.18. The summed E-state index contributed by atoms with van der Waals surface area (Å²) in [4.78, 5) is 1.09. The lowest BCUT2D eigenvalue weighted by Gasteiger charge is -2.19. The first-order valence-corrected chi connectivity index (χ1v) is 7.79. The van der Waals surface area contributed by atoms with E-state index in [2.05, 4.69) is 22.0 Å². The predicted molar refractivity (Wildman–Crippen MR) is 85.1 cm³/mol. The summed E-state index contributed by atoms with van der Waals surface area (Å²) in [6.45, 7) is 4.30. The molecule has 0 aliphatic rings. The number of halogens is 1. The van der Waals surface area contributed by atoms with Crippen molar-refractivity contribution in [3.8, 4) is 11.8 Å². The van der Waals surface area contributed by atoms with Crippen molar-refractivity contribution in [3.63, 3.8) is 0 Å². The van der Waals surface area contributed by atoms with E-state index in [0.717, 1.165) is 25.5 Å². The minimum absolute atomic E-state index is 0.170. The summed E-state index contributed by atoms with van der Waals surface area (Å²) in [7, 11) is 0. The SMILES string of the molecule is Cc1cc(C#N)cc(C)c1OC(CN)c1ccc(Br)s1. The summed E-state index contributed by atoms with van der Waals surface area (Å²) in [5.41, 5.74) is 8.39. The summed E-state index contributed by atoms with van der Waals surface area (Å²) in [6, 6.07) is 9.83. The van der Waals surface area contributed by atoms with Gasteiger partial charge < -0.3 is 10.5 Å². The molecule has 2 rings (SSSR count). The van der Waals surface area contributed by atoms with E-state index in [1.54, 1.807) is 11.3 Å². The van der Waals surface area contributed by atoms with E-state index in [0.29, 0.717) is 12.1 Å². The van der Waals surface area contributed by atoms with Crippen molar-refractivity contribution in [1.82, 2.24) is 0 Å². The van der Waals surface area contributed by atoms with Crippen LogP contribution in [0.2, 0.25) is 0 Å². The monoisotopic (exact) mass is 350 g/mol. The zero-order valence-electron chi connectivity index (χ0n) is 11.3. The van der Waals surface area contributed by atoms with Crippen molar-refractivity contribution >= 4 is 27.3 Å². The van der Waals surface area contributed by atoms with Crippen LogP contribution in [0.4, 0.5) is 0 Å². The molecule has 104 valence electrons. The fourth-order valence-corrected chi connectivity index (χ4v) is 3.53. The van der Waals surface area contributed by atoms with Crippen LogP contribution in [-0.2, 0) is 0 Å². The van der Waals surface area contributed by atoms with Crippen molar-refractivity contribution in [2.45, 2.75) is 20.0 Å². The van der Waals surface area contributed by atoms with Crippen molar-refractivity contribution < 1.29 is 4.74 Å². The van der Waals surface area contributed by atoms with Crippen LogP contribution in [0.1, 0.15) is 27.7 Å². The molecule has 20 heavy (non-hydrogen) atoms. The second kappa shape index (κ2) is 6.40. The molecule has 3 nitrogen and oxygen atoms in total. The zero-order chi connectivity index (χ0) is 14.7. The van der Waals surface area contributed by atoms with Gasteiger partial charge in [-0.15, -0.1) is 11.3 Å². The molecule has 0 bridgehead atoms. The third-order valence-electron chi connectivity index (χ3n) is 2.97. The summed E-state index contributed by atoms with van der Waals surface area (Å²) in [5, 5.41) is 8.97. The molecule has 0 aliphatic heterocycles. The molecular weight excluding hydrogens is 336 g/mol. The number of hydrogen-bond acceptors (Lipinski definition) is 4. The molecule has 2 N–H and O–H groups in total. The maximum Gasteiger partial charge on any atom is 0.145 e. The largest absolute Gasteiger partial charge is 0.483 e. The standard InChI is InChI=1S/C15H15BrN2OS/c1-9-5-11(7-17)6-10(2)15(9)19-12(8-18)13-3-4-14(16)20-13/h3-6,12H,8,18H2,1-2H3. The van der Waals surface area contributed by atoms with Gasteiger partial charge in [-0.3, -0.25) is 0 Å². The summed E-state index contributed by atoms with van der Waals surface area (Å²) >= 11 is 5.07. The molecule has 0 amide bonds. The Hall–Kier alpha value is -1.35. The molecule has 0 radical (unpaired) electrons. The topological polar surface area (TPSA) is 59.0 Å². The molecule has 1 aromatic heterocycles. The Morgan fingerprint density at radius 2 is 2.00 bits per heavy atom.